The predicted octanol–water partition coefficient (Wildman–Crippen LogP) is 3.67. The molecular formula is C23H19N3O2. The van der Waals surface area contributed by atoms with Crippen molar-refractivity contribution in [1.29, 1.82) is 0 Å². The molecule has 0 aliphatic rings. The third-order valence-corrected chi connectivity index (χ3v) is 4.59. The standard InChI is InChI=1S/C23H19N3O2/c1-16(27)25-26-22(24-20-15-9-8-14-19(20)23(26)28)21(17-10-4-2-5-11-17)18-12-6-3-7-13-18/h2-15,21H,1H3,(H,25,27). The number of nitrogens with zero attached hydrogens (tertiary/aromatic N) is 2. The van der Waals surface area contributed by atoms with E-state index >= 15 is 0 Å². The molecule has 4 aromatic rings. The Bertz CT molecular complexity index is 1150. The molecule has 1 aromatic heterocycles. The van der Waals surface area contributed by atoms with Crippen LogP contribution in [-0.4, -0.2) is 15.6 Å². The Morgan fingerprint density at radius 1 is 0.857 bits per heavy atom. The zero-order valence-electron chi connectivity index (χ0n) is 15.4. The number of hydrogen-bond donors (Lipinski definition) is 1. The van der Waals surface area contributed by atoms with Crippen LogP contribution < -0.4 is 11.0 Å². The van der Waals surface area contributed by atoms with Crippen LogP contribution in [0.5, 0.6) is 0 Å². The van der Waals surface area contributed by atoms with Crippen LogP contribution in [0, 0.1) is 0 Å². The van der Waals surface area contributed by atoms with Gasteiger partial charge in [0.25, 0.3) is 5.56 Å². The van der Waals surface area contributed by atoms with Crippen LogP contribution in [0.15, 0.2) is 89.7 Å². The van der Waals surface area contributed by atoms with Crippen molar-refractivity contribution in [1.82, 2.24) is 9.66 Å². The smallest absolute Gasteiger partial charge is 0.274 e. The molecule has 0 bridgehead atoms. The number of amides is 1. The lowest BCUT2D eigenvalue weighted by Crippen LogP contribution is -2.36. The Balaban J connectivity index is 2.05. The number of fused-ring (bicyclic) bond motifs is 1. The van der Waals surface area contributed by atoms with Gasteiger partial charge in [0, 0.05) is 6.92 Å². The molecule has 0 saturated carbocycles. The van der Waals surface area contributed by atoms with Gasteiger partial charge in [-0.3, -0.25) is 15.0 Å². The Morgan fingerprint density at radius 3 is 1.96 bits per heavy atom. The second kappa shape index (κ2) is 7.48. The van der Waals surface area contributed by atoms with Gasteiger partial charge < -0.3 is 0 Å². The third-order valence-electron chi connectivity index (χ3n) is 4.59. The number of rotatable bonds is 4. The predicted molar refractivity (Wildman–Crippen MR) is 110 cm³/mol. The number of carbonyl (C=O) groups excluding carboxylic acids is 1. The van der Waals surface area contributed by atoms with Crippen molar-refractivity contribution in [2.75, 3.05) is 5.43 Å². The van der Waals surface area contributed by atoms with Gasteiger partial charge in [0.05, 0.1) is 16.8 Å². The molecule has 5 heteroatoms. The van der Waals surface area contributed by atoms with Gasteiger partial charge in [0.15, 0.2) is 0 Å². The van der Waals surface area contributed by atoms with Crippen molar-refractivity contribution in [3.63, 3.8) is 0 Å². The molecule has 28 heavy (non-hydrogen) atoms. The fourth-order valence-corrected chi connectivity index (χ4v) is 3.39. The summed E-state index contributed by atoms with van der Waals surface area (Å²) < 4.78 is 1.27. The van der Waals surface area contributed by atoms with Gasteiger partial charge in [-0.25, -0.2) is 9.66 Å². The average molecular weight is 369 g/mol. The molecule has 4 rings (SSSR count). The Labute approximate surface area is 162 Å². The van der Waals surface area contributed by atoms with E-state index in [9.17, 15) is 9.59 Å². The second-order valence-corrected chi connectivity index (χ2v) is 6.55. The molecule has 0 unspecified atom stereocenters. The molecule has 0 spiro atoms. The third kappa shape index (κ3) is 3.30. The van der Waals surface area contributed by atoms with E-state index in [0.717, 1.165) is 11.1 Å². The molecule has 1 N–H and O–H groups in total. The minimum absolute atomic E-state index is 0.298. The minimum atomic E-state index is -0.333. The van der Waals surface area contributed by atoms with Crippen LogP contribution in [-0.2, 0) is 4.79 Å². The largest absolute Gasteiger partial charge is 0.280 e. The van der Waals surface area contributed by atoms with Gasteiger partial charge in [-0.05, 0) is 23.3 Å². The Kier molecular flexibility index (Phi) is 4.72. The molecule has 138 valence electrons. The normalized spacial score (nSPS) is 10.9. The van der Waals surface area contributed by atoms with Crippen molar-refractivity contribution in [2.45, 2.75) is 12.8 Å². The molecule has 0 radical (unpaired) electrons. The summed E-state index contributed by atoms with van der Waals surface area (Å²) in [5, 5.41) is 0.458. The number of carbonyl (C=O) groups is 1. The molecule has 3 aromatic carbocycles. The summed E-state index contributed by atoms with van der Waals surface area (Å²) in [5.74, 6) is -0.178. The van der Waals surface area contributed by atoms with Gasteiger partial charge in [0.2, 0.25) is 5.91 Å². The average Bonchev–Trinajstić information content (AvgIpc) is 2.72. The first kappa shape index (κ1) is 17.7. The molecule has 0 saturated heterocycles. The molecule has 1 amide bonds. The maximum Gasteiger partial charge on any atom is 0.280 e. The van der Waals surface area contributed by atoms with Gasteiger partial charge in [0.1, 0.15) is 5.82 Å². The lowest BCUT2D eigenvalue weighted by atomic mass is 9.90. The van der Waals surface area contributed by atoms with E-state index in [-0.39, 0.29) is 17.4 Å². The first-order valence-electron chi connectivity index (χ1n) is 9.04. The highest BCUT2D eigenvalue weighted by molar-refractivity contribution is 5.82. The van der Waals surface area contributed by atoms with E-state index in [1.54, 1.807) is 12.1 Å². The maximum absolute atomic E-state index is 13.2. The van der Waals surface area contributed by atoms with Crippen LogP contribution >= 0.6 is 0 Å². The fourth-order valence-electron chi connectivity index (χ4n) is 3.39. The zero-order chi connectivity index (χ0) is 19.5. The van der Waals surface area contributed by atoms with Crippen LogP contribution in [0.3, 0.4) is 0 Å². The van der Waals surface area contributed by atoms with Gasteiger partial charge in [-0.1, -0.05) is 72.8 Å². The van der Waals surface area contributed by atoms with E-state index in [1.165, 1.54) is 11.6 Å². The second-order valence-electron chi connectivity index (χ2n) is 6.55. The van der Waals surface area contributed by atoms with Crippen molar-refractivity contribution in [3.8, 4) is 0 Å². The Morgan fingerprint density at radius 2 is 1.39 bits per heavy atom. The molecule has 1 heterocycles. The highest BCUT2D eigenvalue weighted by atomic mass is 16.2. The summed E-state index contributed by atoms with van der Waals surface area (Å²) in [6.45, 7) is 1.38. The van der Waals surface area contributed by atoms with E-state index in [1.807, 2.05) is 72.8 Å². The van der Waals surface area contributed by atoms with Crippen LogP contribution in [0.25, 0.3) is 10.9 Å². The lowest BCUT2D eigenvalue weighted by Gasteiger charge is -2.22. The molecule has 5 nitrogen and oxygen atoms in total. The number of benzene rings is 3. The summed E-state index contributed by atoms with van der Waals surface area (Å²) >= 11 is 0. The first-order chi connectivity index (χ1) is 13.6. The zero-order valence-corrected chi connectivity index (χ0v) is 15.4. The van der Waals surface area contributed by atoms with Gasteiger partial charge in [-0.15, -0.1) is 0 Å². The van der Waals surface area contributed by atoms with Crippen molar-refractivity contribution >= 4 is 16.8 Å². The minimum Gasteiger partial charge on any atom is -0.274 e. The maximum atomic E-state index is 13.2. The monoisotopic (exact) mass is 369 g/mol. The summed E-state index contributed by atoms with van der Waals surface area (Å²) in [6.07, 6.45) is 0. The van der Waals surface area contributed by atoms with Gasteiger partial charge in [-0.2, -0.15) is 0 Å². The first-order valence-corrected chi connectivity index (χ1v) is 9.04. The summed E-state index contributed by atoms with van der Waals surface area (Å²) in [6, 6.07) is 26.8. The molecule has 0 aliphatic carbocycles. The summed E-state index contributed by atoms with van der Waals surface area (Å²) in [7, 11) is 0. The number of para-hydroxylation sites is 1. The van der Waals surface area contributed by atoms with E-state index in [0.29, 0.717) is 16.7 Å². The van der Waals surface area contributed by atoms with E-state index in [2.05, 4.69) is 5.43 Å². The summed E-state index contributed by atoms with van der Waals surface area (Å²) in [4.78, 5) is 29.8. The van der Waals surface area contributed by atoms with Crippen molar-refractivity contribution in [3.05, 3.63) is 112 Å². The topological polar surface area (TPSA) is 64.0 Å². The lowest BCUT2D eigenvalue weighted by molar-refractivity contribution is -0.115. The van der Waals surface area contributed by atoms with Crippen LogP contribution in [0.4, 0.5) is 0 Å². The van der Waals surface area contributed by atoms with Gasteiger partial charge >= 0.3 is 0 Å². The van der Waals surface area contributed by atoms with Crippen molar-refractivity contribution < 1.29 is 4.79 Å². The molecule has 0 atom stereocenters. The highest BCUT2D eigenvalue weighted by Gasteiger charge is 2.24. The number of hydrogen-bond acceptors (Lipinski definition) is 3. The molecule has 0 aliphatic heterocycles. The molecule has 0 fully saturated rings. The SMILES string of the molecule is CC(=O)Nn1c(C(c2ccccc2)c2ccccc2)nc2ccccc2c1=O. The van der Waals surface area contributed by atoms with Crippen molar-refractivity contribution in [2.24, 2.45) is 0 Å². The fraction of sp³-hybridized carbons (Fsp3) is 0.0870. The number of nitrogens with one attached hydrogen (secondary N) is 1. The van der Waals surface area contributed by atoms with E-state index in [4.69, 9.17) is 4.98 Å². The molecular weight excluding hydrogens is 350 g/mol. The van der Waals surface area contributed by atoms with Crippen LogP contribution in [0.2, 0.25) is 0 Å². The Hall–Kier alpha value is -3.73. The summed E-state index contributed by atoms with van der Waals surface area (Å²) in [5.41, 5.74) is 4.92. The van der Waals surface area contributed by atoms with Crippen LogP contribution in [0.1, 0.15) is 29.8 Å². The van der Waals surface area contributed by atoms with E-state index < -0.39 is 0 Å². The quantitative estimate of drug-likeness (QED) is 0.597. The number of aromatic nitrogens is 2. The highest BCUT2D eigenvalue weighted by Crippen LogP contribution is 2.30.